The molecular formula is C19H23F3N4O2. The number of aromatic nitrogens is 2. The van der Waals surface area contributed by atoms with Crippen LogP contribution in [-0.2, 0) is 10.9 Å². The average molecular weight is 396 g/mol. The van der Waals surface area contributed by atoms with Crippen molar-refractivity contribution >= 4 is 5.91 Å². The molecule has 0 saturated carbocycles. The van der Waals surface area contributed by atoms with Crippen molar-refractivity contribution in [1.29, 1.82) is 0 Å². The highest BCUT2D eigenvalue weighted by atomic mass is 19.4. The van der Waals surface area contributed by atoms with Crippen molar-refractivity contribution in [2.24, 2.45) is 5.73 Å². The molecule has 0 aliphatic carbocycles. The average Bonchev–Trinajstić information content (AvgIpc) is 3.19. The van der Waals surface area contributed by atoms with E-state index in [2.05, 4.69) is 5.10 Å². The second-order valence-corrected chi connectivity index (χ2v) is 6.70. The van der Waals surface area contributed by atoms with Gasteiger partial charge in [-0.3, -0.25) is 4.79 Å². The van der Waals surface area contributed by atoms with Crippen LogP contribution in [0.15, 0.2) is 36.5 Å². The Bertz CT molecular complexity index is 798. The van der Waals surface area contributed by atoms with Crippen LogP contribution in [0.4, 0.5) is 13.2 Å². The van der Waals surface area contributed by atoms with Gasteiger partial charge in [0.05, 0.1) is 11.8 Å². The smallest absolute Gasteiger partial charge is 0.378 e. The maximum Gasteiger partial charge on any atom is 0.435 e. The number of hydrogen-bond acceptors (Lipinski definition) is 4. The molecule has 0 spiro atoms. The Morgan fingerprint density at radius 2 is 2.00 bits per heavy atom. The highest BCUT2D eigenvalue weighted by molar-refractivity contribution is 5.94. The third-order valence-corrected chi connectivity index (χ3v) is 4.67. The number of piperidine rings is 1. The molecular weight excluding hydrogens is 373 g/mol. The van der Waals surface area contributed by atoms with Crippen molar-refractivity contribution in [3.05, 3.63) is 47.8 Å². The van der Waals surface area contributed by atoms with Gasteiger partial charge in [-0.15, -0.1) is 0 Å². The van der Waals surface area contributed by atoms with E-state index < -0.39 is 11.9 Å². The van der Waals surface area contributed by atoms with Gasteiger partial charge in [-0.25, -0.2) is 4.68 Å². The van der Waals surface area contributed by atoms with E-state index in [9.17, 15) is 18.0 Å². The van der Waals surface area contributed by atoms with E-state index in [1.54, 1.807) is 29.2 Å². The molecule has 1 aliphatic heterocycles. The van der Waals surface area contributed by atoms with Gasteiger partial charge in [-0.1, -0.05) is 6.07 Å². The van der Waals surface area contributed by atoms with Crippen molar-refractivity contribution in [3.8, 4) is 5.69 Å². The normalized spacial score (nSPS) is 15.8. The minimum Gasteiger partial charge on any atom is -0.378 e. The molecule has 2 heterocycles. The van der Waals surface area contributed by atoms with Gasteiger partial charge in [-0.05, 0) is 50.1 Å². The summed E-state index contributed by atoms with van der Waals surface area (Å²) >= 11 is 0. The van der Waals surface area contributed by atoms with Crippen molar-refractivity contribution in [3.63, 3.8) is 0 Å². The minimum absolute atomic E-state index is 0.131. The van der Waals surface area contributed by atoms with Gasteiger partial charge < -0.3 is 15.4 Å². The van der Waals surface area contributed by atoms with Crippen LogP contribution in [0.5, 0.6) is 0 Å². The number of nitrogens with two attached hydrogens (primary N) is 1. The third-order valence-electron chi connectivity index (χ3n) is 4.67. The standard InChI is InChI=1S/C19H23F3N4O2/c20-19(21,22)17-7-11-26(24-17)15-4-1-3-14(13-15)18(27)25-9-5-16(6-10-25)28-12-2-8-23/h1,3-4,7,11,13,16H,2,5-6,8-10,12,23H2. The predicted molar refractivity (Wildman–Crippen MR) is 97.1 cm³/mol. The lowest BCUT2D eigenvalue weighted by atomic mass is 10.1. The van der Waals surface area contributed by atoms with Crippen LogP contribution in [-0.4, -0.2) is 52.9 Å². The summed E-state index contributed by atoms with van der Waals surface area (Å²) in [6.07, 6.45) is -0.818. The fourth-order valence-electron chi connectivity index (χ4n) is 3.14. The molecule has 0 atom stereocenters. The molecule has 152 valence electrons. The Kier molecular flexibility index (Phi) is 6.35. The van der Waals surface area contributed by atoms with Gasteiger partial charge in [0.2, 0.25) is 0 Å². The van der Waals surface area contributed by atoms with E-state index in [4.69, 9.17) is 10.5 Å². The van der Waals surface area contributed by atoms with Crippen molar-refractivity contribution in [1.82, 2.24) is 14.7 Å². The maximum absolute atomic E-state index is 12.8. The molecule has 0 unspecified atom stereocenters. The zero-order valence-corrected chi connectivity index (χ0v) is 15.4. The SMILES string of the molecule is NCCCOC1CCN(C(=O)c2cccc(-n3ccc(C(F)(F)F)n3)c2)CC1. The number of halogens is 3. The number of benzene rings is 1. The van der Waals surface area contributed by atoms with Gasteiger partial charge in [0.25, 0.3) is 5.91 Å². The number of hydrogen-bond donors (Lipinski definition) is 1. The van der Waals surface area contributed by atoms with Crippen LogP contribution in [0.25, 0.3) is 5.69 Å². The first-order chi connectivity index (χ1) is 13.4. The van der Waals surface area contributed by atoms with Crippen molar-refractivity contribution in [2.45, 2.75) is 31.5 Å². The molecule has 1 aromatic heterocycles. The highest BCUT2D eigenvalue weighted by Crippen LogP contribution is 2.28. The molecule has 1 amide bonds. The minimum atomic E-state index is -4.50. The second kappa shape index (κ2) is 8.74. The van der Waals surface area contributed by atoms with E-state index >= 15 is 0 Å². The van der Waals surface area contributed by atoms with E-state index in [1.807, 2.05) is 0 Å². The number of amides is 1. The van der Waals surface area contributed by atoms with E-state index in [0.29, 0.717) is 37.5 Å². The van der Waals surface area contributed by atoms with E-state index in [0.717, 1.165) is 30.0 Å². The monoisotopic (exact) mass is 396 g/mol. The maximum atomic E-state index is 12.8. The molecule has 1 saturated heterocycles. The van der Waals surface area contributed by atoms with Crippen molar-refractivity contribution < 1.29 is 22.7 Å². The summed E-state index contributed by atoms with van der Waals surface area (Å²) in [5.41, 5.74) is 5.31. The highest BCUT2D eigenvalue weighted by Gasteiger charge is 2.33. The quantitative estimate of drug-likeness (QED) is 0.762. The zero-order chi connectivity index (χ0) is 20.1. The molecule has 1 fully saturated rings. The molecule has 6 nitrogen and oxygen atoms in total. The van der Waals surface area contributed by atoms with Crippen LogP contribution in [0.1, 0.15) is 35.3 Å². The molecule has 0 radical (unpaired) electrons. The Morgan fingerprint density at radius 1 is 1.25 bits per heavy atom. The predicted octanol–water partition coefficient (Wildman–Crippen LogP) is 2.86. The first-order valence-corrected chi connectivity index (χ1v) is 9.23. The summed E-state index contributed by atoms with van der Waals surface area (Å²) in [6.45, 7) is 2.38. The molecule has 28 heavy (non-hydrogen) atoms. The number of carbonyl (C=O) groups excluding carboxylic acids is 1. The number of likely N-dealkylation sites (tertiary alicyclic amines) is 1. The second-order valence-electron chi connectivity index (χ2n) is 6.70. The van der Waals surface area contributed by atoms with E-state index in [-0.39, 0.29) is 12.0 Å². The Morgan fingerprint density at radius 3 is 2.64 bits per heavy atom. The lowest BCUT2D eigenvalue weighted by Crippen LogP contribution is -2.41. The number of alkyl halides is 3. The zero-order valence-electron chi connectivity index (χ0n) is 15.4. The third kappa shape index (κ3) is 4.90. The first-order valence-electron chi connectivity index (χ1n) is 9.23. The molecule has 2 N–H and O–H groups in total. The fourth-order valence-corrected chi connectivity index (χ4v) is 3.14. The Balaban J connectivity index is 1.64. The van der Waals surface area contributed by atoms with Crippen LogP contribution < -0.4 is 5.73 Å². The Hall–Kier alpha value is -2.39. The van der Waals surface area contributed by atoms with Gasteiger partial charge in [-0.2, -0.15) is 18.3 Å². The van der Waals surface area contributed by atoms with Gasteiger partial charge in [0.1, 0.15) is 0 Å². The summed E-state index contributed by atoms with van der Waals surface area (Å²) in [6, 6.07) is 7.37. The van der Waals surface area contributed by atoms with Crippen LogP contribution in [0.3, 0.4) is 0 Å². The van der Waals surface area contributed by atoms with Gasteiger partial charge in [0.15, 0.2) is 5.69 Å². The summed E-state index contributed by atoms with van der Waals surface area (Å²) < 4.78 is 45.1. The molecule has 1 aromatic carbocycles. The van der Waals surface area contributed by atoms with Crippen LogP contribution >= 0.6 is 0 Å². The summed E-state index contributed by atoms with van der Waals surface area (Å²) in [7, 11) is 0. The first kappa shape index (κ1) is 20.3. The number of rotatable bonds is 6. The molecule has 0 bridgehead atoms. The summed E-state index contributed by atoms with van der Waals surface area (Å²) in [5, 5.41) is 3.55. The fraction of sp³-hybridized carbons (Fsp3) is 0.474. The van der Waals surface area contributed by atoms with Crippen LogP contribution in [0.2, 0.25) is 0 Å². The molecule has 3 rings (SSSR count). The van der Waals surface area contributed by atoms with E-state index in [1.165, 1.54) is 6.20 Å². The Labute approximate surface area is 161 Å². The van der Waals surface area contributed by atoms with Crippen molar-refractivity contribution in [2.75, 3.05) is 26.2 Å². The van der Waals surface area contributed by atoms with Crippen LogP contribution in [0, 0.1) is 0 Å². The lowest BCUT2D eigenvalue weighted by molar-refractivity contribution is -0.141. The largest absolute Gasteiger partial charge is 0.435 e. The lowest BCUT2D eigenvalue weighted by Gasteiger charge is -2.32. The van der Waals surface area contributed by atoms with Gasteiger partial charge >= 0.3 is 6.18 Å². The topological polar surface area (TPSA) is 73.4 Å². The molecule has 1 aliphatic rings. The molecule has 2 aromatic rings. The number of carbonyl (C=O) groups is 1. The summed E-state index contributed by atoms with van der Waals surface area (Å²) in [5.74, 6) is -0.148. The molecule has 9 heteroatoms. The van der Waals surface area contributed by atoms with Gasteiger partial charge in [0, 0.05) is 31.5 Å². The number of nitrogens with zero attached hydrogens (tertiary/aromatic N) is 3. The number of ether oxygens (including phenoxy) is 1. The summed E-state index contributed by atoms with van der Waals surface area (Å²) in [4.78, 5) is 14.5.